The molecule has 0 heterocycles. The minimum absolute atomic E-state index is 0.341. The van der Waals surface area contributed by atoms with Crippen LogP contribution in [-0.4, -0.2) is 16.1 Å². The molecule has 0 saturated carbocycles. The second-order valence-electron chi connectivity index (χ2n) is 4.76. The van der Waals surface area contributed by atoms with Crippen molar-refractivity contribution in [2.75, 3.05) is 0 Å². The van der Waals surface area contributed by atoms with E-state index in [0.29, 0.717) is 21.2 Å². The fraction of sp³-hybridized carbons (Fsp3) is 0.133. The van der Waals surface area contributed by atoms with Gasteiger partial charge in [0.25, 0.3) is 6.04 Å². The number of amides is 1. The van der Waals surface area contributed by atoms with Gasteiger partial charge >= 0.3 is 6.09 Å². The number of hydrogen-bond acceptors (Lipinski definition) is 3. The van der Waals surface area contributed by atoms with Gasteiger partial charge < -0.3 is 10.4 Å². The number of nitro groups is 1. The summed E-state index contributed by atoms with van der Waals surface area (Å²) < 4.78 is 0. The molecular weight excluding hydrogens is 343 g/mol. The Labute approximate surface area is 141 Å². The maximum atomic E-state index is 11.6. The van der Waals surface area contributed by atoms with Gasteiger partial charge in [0.2, 0.25) is 0 Å². The van der Waals surface area contributed by atoms with Crippen molar-refractivity contribution in [2.45, 2.75) is 12.1 Å². The molecule has 0 fully saturated rings. The van der Waals surface area contributed by atoms with Gasteiger partial charge in [0.15, 0.2) is 0 Å². The van der Waals surface area contributed by atoms with Gasteiger partial charge in [-0.05, 0) is 29.8 Å². The van der Waals surface area contributed by atoms with Crippen LogP contribution in [0.25, 0.3) is 0 Å². The molecule has 6 nitrogen and oxygen atoms in total. The van der Waals surface area contributed by atoms with Gasteiger partial charge in [0.05, 0.1) is 0 Å². The van der Waals surface area contributed by atoms with E-state index in [4.69, 9.17) is 28.3 Å². The van der Waals surface area contributed by atoms with E-state index in [1.54, 1.807) is 24.3 Å². The maximum Gasteiger partial charge on any atom is 0.405 e. The van der Waals surface area contributed by atoms with Crippen LogP contribution < -0.4 is 5.32 Å². The first-order chi connectivity index (χ1) is 10.9. The molecule has 8 heteroatoms. The van der Waals surface area contributed by atoms with Gasteiger partial charge in [-0.3, -0.25) is 10.1 Å². The zero-order valence-corrected chi connectivity index (χ0v) is 13.2. The molecule has 2 N–H and O–H groups in total. The third kappa shape index (κ3) is 4.34. The van der Waals surface area contributed by atoms with E-state index in [9.17, 15) is 14.9 Å². The monoisotopic (exact) mass is 354 g/mol. The normalized spacial score (nSPS) is 13.1. The van der Waals surface area contributed by atoms with Crippen molar-refractivity contribution in [1.29, 1.82) is 0 Å². The van der Waals surface area contributed by atoms with Gasteiger partial charge in [-0.2, -0.15) is 0 Å². The Morgan fingerprint density at radius 2 is 1.43 bits per heavy atom. The number of halogens is 2. The molecule has 0 radical (unpaired) electrons. The number of carbonyl (C=O) groups is 1. The summed E-state index contributed by atoms with van der Waals surface area (Å²) in [4.78, 5) is 22.1. The molecule has 23 heavy (non-hydrogen) atoms. The summed E-state index contributed by atoms with van der Waals surface area (Å²) in [6.45, 7) is 0. The molecule has 2 aromatic rings. The number of rotatable bonds is 5. The van der Waals surface area contributed by atoms with Crippen molar-refractivity contribution in [1.82, 2.24) is 5.32 Å². The van der Waals surface area contributed by atoms with E-state index in [1.165, 1.54) is 24.3 Å². The average Bonchev–Trinajstić information content (AvgIpc) is 2.48. The minimum atomic E-state index is -1.36. The van der Waals surface area contributed by atoms with E-state index >= 15 is 0 Å². The van der Waals surface area contributed by atoms with Crippen LogP contribution in [0.5, 0.6) is 0 Å². The Balaban J connectivity index is 2.48. The highest BCUT2D eigenvalue weighted by Gasteiger charge is 2.35. The zero-order chi connectivity index (χ0) is 17.0. The Morgan fingerprint density at radius 1 is 1.00 bits per heavy atom. The lowest BCUT2D eigenvalue weighted by Gasteiger charge is -2.21. The number of carboxylic acid groups (broad SMARTS) is 1. The van der Waals surface area contributed by atoms with Crippen LogP contribution in [0, 0.1) is 10.1 Å². The second-order valence-corrected chi connectivity index (χ2v) is 5.63. The van der Waals surface area contributed by atoms with Crippen LogP contribution in [0.1, 0.15) is 23.2 Å². The van der Waals surface area contributed by atoms with Crippen LogP contribution >= 0.6 is 23.2 Å². The van der Waals surface area contributed by atoms with E-state index in [0.717, 1.165) is 0 Å². The SMILES string of the molecule is O=C(O)N[C@H](c1ccc(Cl)cc1)[C@H](c1ccc(Cl)cc1)[N+](=O)[O-]. The maximum absolute atomic E-state index is 11.6. The van der Waals surface area contributed by atoms with Crippen LogP contribution in [0.4, 0.5) is 4.79 Å². The van der Waals surface area contributed by atoms with Crippen molar-refractivity contribution >= 4 is 29.3 Å². The summed E-state index contributed by atoms with van der Waals surface area (Å²) in [5, 5.41) is 23.7. The number of benzene rings is 2. The summed E-state index contributed by atoms with van der Waals surface area (Å²) in [7, 11) is 0. The Morgan fingerprint density at radius 3 is 1.83 bits per heavy atom. The van der Waals surface area contributed by atoms with Crippen LogP contribution in [-0.2, 0) is 0 Å². The molecule has 0 spiro atoms. The molecule has 0 unspecified atom stereocenters. The topological polar surface area (TPSA) is 92.5 Å². The fourth-order valence-corrected chi connectivity index (χ4v) is 2.50. The molecule has 2 aromatic carbocycles. The predicted octanol–water partition coefficient (Wildman–Crippen LogP) is 4.32. The van der Waals surface area contributed by atoms with Gasteiger partial charge in [-0.15, -0.1) is 0 Å². The highest BCUT2D eigenvalue weighted by molar-refractivity contribution is 6.30. The van der Waals surface area contributed by atoms with Crippen molar-refractivity contribution in [2.24, 2.45) is 0 Å². The Bertz CT molecular complexity index is 704. The molecule has 0 aliphatic heterocycles. The van der Waals surface area contributed by atoms with Crippen molar-refractivity contribution in [3.05, 3.63) is 79.8 Å². The summed E-state index contributed by atoms with van der Waals surface area (Å²) in [6.07, 6.45) is -1.36. The van der Waals surface area contributed by atoms with Gasteiger partial charge in [-0.25, -0.2) is 4.79 Å². The lowest BCUT2D eigenvalue weighted by molar-refractivity contribution is -0.534. The lowest BCUT2D eigenvalue weighted by Crippen LogP contribution is -2.34. The number of hydrogen-bond donors (Lipinski definition) is 2. The fourth-order valence-electron chi connectivity index (χ4n) is 2.24. The van der Waals surface area contributed by atoms with Crippen LogP contribution in [0.15, 0.2) is 48.5 Å². The largest absolute Gasteiger partial charge is 0.465 e. The Hall–Kier alpha value is -2.31. The third-order valence-electron chi connectivity index (χ3n) is 3.26. The van der Waals surface area contributed by atoms with Crippen molar-refractivity contribution in [3.8, 4) is 0 Å². The number of nitrogens with one attached hydrogen (secondary N) is 1. The lowest BCUT2D eigenvalue weighted by atomic mass is 9.94. The molecule has 0 aliphatic carbocycles. The summed E-state index contributed by atoms with van der Waals surface area (Å²) in [5.74, 6) is 0. The molecule has 2 rings (SSSR count). The highest BCUT2D eigenvalue weighted by Crippen LogP contribution is 2.32. The third-order valence-corrected chi connectivity index (χ3v) is 3.77. The smallest absolute Gasteiger partial charge is 0.405 e. The number of nitrogens with zero attached hydrogens (tertiary/aromatic N) is 1. The van der Waals surface area contributed by atoms with Gasteiger partial charge in [0, 0.05) is 20.5 Å². The first kappa shape index (κ1) is 17.1. The first-order valence-corrected chi connectivity index (χ1v) is 7.28. The second kappa shape index (κ2) is 7.30. The molecule has 0 bridgehead atoms. The average molecular weight is 355 g/mol. The first-order valence-electron chi connectivity index (χ1n) is 6.52. The zero-order valence-electron chi connectivity index (χ0n) is 11.6. The van der Waals surface area contributed by atoms with E-state index < -0.39 is 23.1 Å². The summed E-state index contributed by atoms with van der Waals surface area (Å²) in [6, 6.07) is 9.87. The van der Waals surface area contributed by atoms with E-state index in [1.807, 2.05) is 0 Å². The van der Waals surface area contributed by atoms with Crippen LogP contribution in [0.3, 0.4) is 0 Å². The molecule has 0 aromatic heterocycles. The molecule has 120 valence electrons. The van der Waals surface area contributed by atoms with Crippen LogP contribution in [0.2, 0.25) is 10.0 Å². The molecule has 0 saturated heterocycles. The van der Waals surface area contributed by atoms with Gasteiger partial charge in [0.1, 0.15) is 6.04 Å². The standard InChI is InChI=1S/C15H12Cl2N2O4/c16-11-5-1-9(2-6-11)13(18-15(20)21)14(19(22)23)10-3-7-12(17)8-4-10/h1-8,13-14,18H,(H,20,21)/t13-,14+/m1/s1. The van der Waals surface area contributed by atoms with E-state index in [-0.39, 0.29) is 0 Å². The molecule has 1 amide bonds. The molecule has 0 aliphatic rings. The minimum Gasteiger partial charge on any atom is -0.465 e. The molecular formula is C15H12Cl2N2O4. The van der Waals surface area contributed by atoms with Crippen molar-refractivity contribution in [3.63, 3.8) is 0 Å². The Kier molecular flexibility index (Phi) is 5.41. The predicted molar refractivity (Wildman–Crippen MR) is 86.5 cm³/mol. The summed E-state index contributed by atoms with van der Waals surface area (Å²) in [5.41, 5.74) is 0.779. The molecule has 2 atom stereocenters. The van der Waals surface area contributed by atoms with Crippen molar-refractivity contribution < 1.29 is 14.8 Å². The highest BCUT2D eigenvalue weighted by atomic mass is 35.5. The van der Waals surface area contributed by atoms with Gasteiger partial charge in [-0.1, -0.05) is 47.5 Å². The summed E-state index contributed by atoms with van der Waals surface area (Å²) >= 11 is 11.6. The quantitative estimate of drug-likeness (QED) is 0.617. The van der Waals surface area contributed by atoms with E-state index in [2.05, 4.69) is 5.32 Å².